The summed E-state index contributed by atoms with van der Waals surface area (Å²) in [5, 5.41) is 8.31. The maximum atomic E-state index is 10.1. The number of hydrogen-bond acceptors (Lipinski definition) is 3. The van der Waals surface area contributed by atoms with Gasteiger partial charge in [0.15, 0.2) is 0 Å². The standard InChI is InChI=1S/C7H12O2.C4H6O2.2C2H4/c1-3-4-5-6(2)7(8)9;1-3-4(5)6-2;2*1-2/h2-5H2,1H3,(H,8,9);3H,1H2,2H3;2*1-2H2. The van der Waals surface area contributed by atoms with Crippen molar-refractivity contribution in [2.45, 2.75) is 26.2 Å². The van der Waals surface area contributed by atoms with Gasteiger partial charge in [0.05, 0.1) is 7.11 Å². The molecule has 110 valence electrons. The van der Waals surface area contributed by atoms with Gasteiger partial charge in [-0.15, -0.1) is 26.3 Å². The van der Waals surface area contributed by atoms with Gasteiger partial charge in [0.25, 0.3) is 0 Å². The van der Waals surface area contributed by atoms with E-state index < -0.39 is 11.9 Å². The van der Waals surface area contributed by atoms with E-state index >= 15 is 0 Å². The second kappa shape index (κ2) is 24.9. The number of unbranched alkanes of at least 4 members (excludes halogenated alkanes) is 1. The second-order valence-electron chi connectivity index (χ2n) is 2.74. The lowest BCUT2D eigenvalue weighted by atomic mass is 10.1. The van der Waals surface area contributed by atoms with Crippen molar-refractivity contribution in [2.24, 2.45) is 0 Å². The van der Waals surface area contributed by atoms with Crippen LogP contribution >= 0.6 is 0 Å². The molecule has 0 spiro atoms. The van der Waals surface area contributed by atoms with Crippen molar-refractivity contribution in [1.82, 2.24) is 0 Å². The number of carbonyl (C=O) groups is 2. The minimum absolute atomic E-state index is 0.317. The van der Waals surface area contributed by atoms with Crippen LogP contribution in [0.5, 0.6) is 0 Å². The molecule has 0 heterocycles. The van der Waals surface area contributed by atoms with E-state index in [4.69, 9.17) is 5.11 Å². The number of rotatable bonds is 5. The van der Waals surface area contributed by atoms with Crippen LogP contribution in [0, 0.1) is 0 Å². The van der Waals surface area contributed by atoms with Gasteiger partial charge < -0.3 is 9.84 Å². The lowest BCUT2D eigenvalue weighted by molar-refractivity contribution is -0.135. The molecule has 0 rings (SSSR count). The molecule has 0 aromatic rings. The molecule has 0 saturated carbocycles. The summed E-state index contributed by atoms with van der Waals surface area (Å²) >= 11 is 0. The predicted molar refractivity (Wildman–Crippen MR) is 81.0 cm³/mol. The summed E-state index contributed by atoms with van der Waals surface area (Å²) < 4.78 is 4.14. The summed E-state index contributed by atoms with van der Waals surface area (Å²) in [7, 11) is 1.31. The van der Waals surface area contributed by atoms with Gasteiger partial charge in [-0.25, -0.2) is 9.59 Å². The van der Waals surface area contributed by atoms with Gasteiger partial charge in [0, 0.05) is 11.6 Å². The monoisotopic (exact) mass is 270 g/mol. The zero-order chi connectivity index (χ0) is 16.3. The third-order valence-electron chi connectivity index (χ3n) is 1.50. The molecule has 0 bridgehead atoms. The van der Waals surface area contributed by atoms with Crippen LogP contribution < -0.4 is 0 Å². The molecule has 0 aliphatic rings. The number of ether oxygens (including phenoxy) is 1. The number of carboxylic acids is 1. The van der Waals surface area contributed by atoms with E-state index in [-0.39, 0.29) is 0 Å². The SMILES string of the molecule is C=C.C=C.C=C(CCCC)C(=O)O.C=CC(=O)OC. The van der Waals surface area contributed by atoms with Gasteiger partial charge in [-0.3, -0.25) is 0 Å². The van der Waals surface area contributed by atoms with Crippen molar-refractivity contribution in [3.63, 3.8) is 0 Å². The minimum atomic E-state index is -0.872. The molecule has 0 fully saturated rings. The zero-order valence-corrected chi connectivity index (χ0v) is 12.1. The van der Waals surface area contributed by atoms with Crippen molar-refractivity contribution in [1.29, 1.82) is 0 Å². The fourth-order valence-corrected chi connectivity index (χ4v) is 0.580. The first-order valence-electron chi connectivity index (χ1n) is 5.61. The fourth-order valence-electron chi connectivity index (χ4n) is 0.580. The van der Waals surface area contributed by atoms with Crippen molar-refractivity contribution in [3.05, 3.63) is 51.1 Å². The van der Waals surface area contributed by atoms with Gasteiger partial charge in [-0.1, -0.05) is 26.5 Å². The summed E-state index contributed by atoms with van der Waals surface area (Å²) in [4.78, 5) is 19.9. The van der Waals surface area contributed by atoms with Crippen molar-refractivity contribution in [2.75, 3.05) is 7.11 Å². The van der Waals surface area contributed by atoms with Crippen molar-refractivity contribution >= 4 is 11.9 Å². The molecule has 0 aliphatic heterocycles. The van der Waals surface area contributed by atoms with Crippen LogP contribution in [0.4, 0.5) is 0 Å². The van der Waals surface area contributed by atoms with Crippen LogP contribution in [0.1, 0.15) is 26.2 Å². The second-order valence-corrected chi connectivity index (χ2v) is 2.74. The molecule has 4 heteroatoms. The van der Waals surface area contributed by atoms with Gasteiger partial charge in [0.1, 0.15) is 0 Å². The summed E-state index contributed by atoms with van der Waals surface area (Å²) in [6.45, 7) is 20.6. The largest absolute Gasteiger partial charge is 0.478 e. The quantitative estimate of drug-likeness (QED) is 0.469. The Kier molecular flexibility index (Phi) is 33.7. The Bertz CT molecular complexity index is 255. The number of esters is 1. The number of methoxy groups -OCH3 is 1. The van der Waals surface area contributed by atoms with E-state index in [9.17, 15) is 9.59 Å². The molecule has 0 saturated heterocycles. The van der Waals surface area contributed by atoms with Crippen LogP contribution in [-0.4, -0.2) is 24.2 Å². The molecule has 1 N–H and O–H groups in total. The van der Waals surface area contributed by atoms with Crippen molar-refractivity contribution in [3.8, 4) is 0 Å². The normalized spacial score (nSPS) is 6.84. The Morgan fingerprint density at radius 3 is 1.79 bits per heavy atom. The Labute approximate surface area is 116 Å². The zero-order valence-electron chi connectivity index (χ0n) is 12.1. The lowest BCUT2D eigenvalue weighted by Gasteiger charge is -1.95. The number of hydrogen-bond donors (Lipinski definition) is 1. The van der Waals surface area contributed by atoms with Crippen LogP contribution in [0.15, 0.2) is 51.1 Å². The fraction of sp³-hybridized carbons (Fsp3) is 0.333. The first-order valence-corrected chi connectivity index (χ1v) is 5.61. The summed E-state index contributed by atoms with van der Waals surface area (Å²) in [5.74, 6) is -1.27. The third-order valence-corrected chi connectivity index (χ3v) is 1.50. The molecule has 0 radical (unpaired) electrons. The highest BCUT2D eigenvalue weighted by molar-refractivity contribution is 5.85. The molecule has 0 unspecified atom stereocenters. The number of carbonyl (C=O) groups excluding carboxylic acids is 1. The average Bonchev–Trinajstić information content (AvgIpc) is 2.48. The maximum Gasteiger partial charge on any atom is 0.330 e. The van der Waals surface area contributed by atoms with Crippen LogP contribution in [0.3, 0.4) is 0 Å². The molecule has 19 heavy (non-hydrogen) atoms. The van der Waals surface area contributed by atoms with Crippen LogP contribution in [0.25, 0.3) is 0 Å². The summed E-state index contributed by atoms with van der Waals surface area (Å²) in [6.07, 6.45) is 3.67. The molecular formula is C15H26O4. The van der Waals surface area contributed by atoms with Gasteiger partial charge in [-0.05, 0) is 12.8 Å². The molecule has 0 aromatic heterocycles. The molecule has 0 atom stereocenters. The van der Waals surface area contributed by atoms with E-state index in [1.54, 1.807) is 0 Å². The van der Waals surface area contributed by atoms with Gasteiger partial charge in [-0.2, -0.15) is 0 Å². The average molecular weight is 270 g/mol. The molecule has 4 nitrogen and oxygen atoms in total. The highest BCUT2D eigenvalue weighted by Crippen LogP contribution is 2.03. The first kappa shape index (κ1) is 25.7. The van der Waals surface area contributed by atoms with E-state index in [2.05, 4.69) is 44.2 Å². The van der Waals surface area contributed by atoms with Gasteiger partial charge in [0.2, 0.25) is 0 Å². The van der Waals surface area contributed by atoms with Gasteiger partial charge >= 0.3 is 11.9 Å². The Morgan fingerprint density at radius 2 is 1.63 bits per heavy atom. The lowest BCUT2D eigenvalue weighted by Crippen LogP contribution is -1.97. The molecule has 0 aliphatic carbocycles. The highest BCUT2D eigenvalue weighted by atomic mass is 16.5. The summed E-state index contributed by atoms with van der Waals surface area (Å²) in [5.41, 5.74) is 0.317. The third kappa shape index (κ3) is 31.3. The highest BCUT2D eigenvalue weighted by Gasteiger charge is 2.00. The Morgan fingerprint density at radius 1 is 1.21 bits per heavy atom. The minimum Gasteiger partial charge on any atom is -0.478 e. The van der Waals surface area contributed by atoms with Crippen LogP contribution in [0.2, 0.25) is 0 Å². The summed E-state index contributed by atoms with van der Waals surface area (Å²) in [6, 6.07) is 0. The smallest absolute Gasteiger partial charge is 0.330 e. The van der Waals surface area contributed by atoms with Crippen molar-refractivity contribution < 1.29 is 19.4 Å². The number of carboxylic acid groups (broad SMARTS) is 1. The molecule has 0 amide bonds. The Hall–Kier alpha value is -2.10. The van der Waals surface area contributed by atoms with E-state index in [1.165, 1.54) is 7.11 Å². The number of aliphatic carboxylic acids is 1. The first-order chi connectivity index (χ1) is 8.99. The predicted octanol–water partition coefficient (Wildman–Crippen LogP) is 3.77. The maximum absolute atomic E-state index is 10.1. The van der Waals surface area contributed by atoms with E-state index in [0.29, 0.717) is 12.0 Å². The molecular weight excluding hydrogens is 244 g/mol. The Balaban J connectivity index is -0.0000000977. The van der Waals surface area contributed by atoms with E-state index in [1.807, 2.05) is 6.92 Å². The van der Waals surface area contributed by atoms with E-state index in [0.717, 1.165) is 18.9 Å². The van der Waals surface area contributed by atoms with Crippen LogP contribution in [-0.2, 0) is 14.3 Å². The topological polar surface area (TPSA) is 63.6 Å². The molecule has 0 aromatic carbocycles.